The van der Waals surface area contributed by atoms with Gasteiger partial charge in [-0.1, -0.05) is 60.5 Å². The molecule has 2 atom stereocenters. The van der Waals surface area contributed by atoms with E-state index < -0.39 is 46.2 Å². The van der Waals surface area contributed by atoms with Crippen LogP contribution in [0.15, 0.2) is 77.7 Å². The summed E-state index contributed by atoms with van der Waals surface area (Å²) in [6.45, 7) is 5.91. The van der Waals surface area contributed by atoms with Crippen molar-refractivity contribution >= 4 is 39.1 Å². The Balaban J connectivity index is 2.10. The zero-order chi connectivity index (χ0) is 31.2. The summed E-state index contributed by atoms with van der Waals surface area (Å²) < 4.78 is 69.1. The molecule has 0 aromatic heterocycles. The van der Waals surface area contributed by atoms with Crippen LogP contribution in [0.25, 0.3) is 0 Å². The molecular formula is C30H33ClF3N3O4S. The second-order valence-corrected chi connectivity index (χ2v) is 12.2. The number of rotatable bonds is 11. The molecule has 42 heavy (non-hydrogen) atoms. The Hall–Kier alpha value is -3.57. The lowest BCUT2D eigenvalue weighted by Gasteiger charge is -2.32. The molecule has 1 N–H and O–H groups in total. The average Bonchev–Trinajstić information content (AvgIpc) is 2.94. The van der Waals surface area contributed by atoms with Gasteiger partial charge in [0.25, 0.3) is 10.0 Å². The first kappa shape index (κ1) is 32.9. The highest BCUT2D eigenvalue weighted by Gasteiger charge is 2.35. The number of halogens is 4. The van der Waals surface area contributed by atoms with Gasteiger partial charge in [0.2, 0.25) is 11.8 Å². The van der Waals surface area contributed by atoms with Crippen molar-refractivity contribution in [3.05, 3.63) is 94.5 Å². The molecule has 0 fully saturated rings. The molecule has 0 saturated heterocycles. The lowest BCUT2D eigenvalue weighted by Crippen LogP contribution is -2.52. The third-order valence-corrected chi connectivity index (χ3v) is 8.97. The maximum Gasteiger partial charge on any atom is 0.416 e. The van der Waals surface area contributed by atoms with E-state index in [-0.39, 0.29) is 23.2 Å². The zero-order valence-corrected chi connectivity index (χ0v) is 25.2. The zero-order valence-electron chi connectivity index (χ0n) is 23.7. The number of benzene rings is 3. The van der Waals surface area contributed by atoms with Crippen molar-refractivity contribution < 1.29 is 31.2 Å². The van der Waals surface area contributed by atoms with E-state index >= 15 is 0 Å². The van der Waals surface area contributed by atoms with Gasteiger partial charge in [0.05, 0.1) is 16.1 Å². The minimum absolute atomic E-state index is 0.144. The van der Waals surface area contributed by atoms with Crippen LogP contribution in [0.3, 0.4) is 0 Å². The van der Waals surface area contributed by atoms with Crippen molar-refractivity contribution in [3.63, 3.8) is 0 Å². The Labute approximate surface area is 249 Å². The number of carbonyl (C=O) groups is 2. The fourth-order valence-electron chi connectivity index (χ4n) is 4.06. The number of aryl methyl sites for hydroxylation is 1. The van der Waals surface area contributed by atoms with Crippen LogP contribution >= 0.6 is 11.6 Å². The van der Waals surface area contributed by atoms with Crippen molar-refractivity contribution in [1.29, 1.82) is 0 Å². The summed E-state index contributed by atoms with van der Waals surface area (Å²) in [6, 6.07) is 14.9. The van der Waals surface area contributed by atoms with E-state index in [1.807, 2.05) is 6.92 Å². The molecule has 0 aliphatic carbocycles. The predicted molar refractivity (Wildman–Crippen MR) is 157 cm³/mol. The first-order valence-electron chi connectivity index (χ1n) is 13.2. The molecule has 0 heterocycles. The van der Waals surface area contributed by atoms with Crippen LogP contribution in [0.5, 0.6) is 0 Å². The molecule has 0 radical (unpaired) electrons. The van der Waals surface area contributed by atoms with E-state index in [1.165, 1.54) is 30.0 Å². The highest BCUT2D eigenvalue weighted by atomic mass is 35.5. The Bertz CT molecular complexity index is 1510. The molecule has 7 nitrogen and oxygen atoms in total. The molecule has 0 unspecified atom stereocenters. The number of nitrogens with zero attached hydrogens (tertiary/aromatic N) is 2. The van der Waals surface area contributed by atoms with E-state index in [0.717, 1.165) is 17.7 Å². The number of amides is 2. The molecule has 0 bridgehead atoms. The molecule has 2 amide bonds. The highest BCUT2D eigenvalue weighted by Crippen LogP contribution is 2.33. The van der Waals surface area contributed by atoms with Crippen LogP contribution in [0.2, 0.25) is 5.02 Å². The van der Waals surface area contributed by atoms with Crippen LogP contribution < -0.4 is 9.62 Å². The van der Waals surface area contributed by atoms with Gasteiger partial charge in [-0.25, -0.2) is 8.42 Å². The summed E-state index contributed by atoms with van der Waals surface area (Å²) in [4.78, 5) is 28.0. The minimum atomic E-state index is -4.75. The number of sulfonamides is 1. The average molecular weight is 624 g/mol. The molecule has 0 aliphatic rings. The van der Waals surface area contributed by atoms with Gasteiger partial charge in [0.15, 0.2) is 0 Å². The van der Waals surface area contributed by atoms with Crippen LogP contribution in [-0.2, 0) is 32.3 Å². The maximum absolute atomic E-state index is 13.9. The van der Waals surface area contributed by atoms with Gasteiger partial charge in [-0.05, 0) is 69.2 Å². The summed E-state index contributed by atoms with van der Waals surface area (Å²) in [5, 5.41) is 3.14. The van der Waals surface area contributed by atoms with E-state index in [1.54, 1.807) is 50.2 Å². The third-order valence-electron chi connectivity index (χ3n) is 6.82. The summed E-state index contributed by atoms with van der Waals surface area (Å²) in [5.74, 6) is -1.29. The molecule has 226 valence electrons. The standard InChI is InChI=1S/C30H33ClF3N3O4S/c1-5-21(3)35-29(39)22(4)36(18-23-9-6-7-12-27(23)31)28(38)19-37(25-11-8-10-24(17-25)30(32,33)34)42(40,41)26-15-13-20(2)14-16-26/h6-17,21-22H,5,18-19H2,1-4H3,(H,35,39)/t21-,22-/m1/s1. The Morgan fingerprint density at radius 3 is 2.21 bits per heavy atom. The lowest BCUT2D eigenvalue weighted by atomic mass is 10.1. The van der Waals surface area contributed by atoms with Gasteiger partial charge in [-0.15, -0.1) is 0 Å². The third kappa shape index (κ3) is 8.04. The normalized spacial score (nSPS) is 13.2. The van der Waals surface area contributed by atoms with Crippen molar-refractivity contribution in [2.45, 2.75) is 63.8 Å². The fraction of sp³-hybridized carbons (Fsp3) is 0.333. The first-order valence-corrected chi connectivity index (χ1v) is 15.1. The Morgan fingerprint density at radius 1 is 0.976 bits per heavy atom. The summed E-state index contributed by atoms with van der Waals surface area (Å²) in [5.41, 5.74) is -0.163. The van der Waals surface area contributed by atoms with Crippen molar-refractivity contribution in [2.24, 2.45) is 0 Å². The number of anilines is 1. The van der Waals surface area contributed by atoms with E-state index in [2.05, 4.69) is 5.32 Å². The fourth-order valence-corrected chi connectivity index (χ4v) is 5.66. The van der Waals surface area contributed by atoms with Crippen LogP contribution in [0.4, 0.5) is 18.9 Å². The quantitative estimate of drug-likeness (QED) is 0.276. The monoisotopic (exact) mass is 623 g/mol. The smallest absolute Gasteiger partial charge is 0.352 e. The molecule has 3 aromatic rings. The van der Waals surface area contributed by atoms with Crippen LogP contribution in [-0.4, -0.2) is 43.8 Å². The van der Waals surface area contributed by atoms with Gasteiger partial charge in [-0.3, -0.25) is 13.9 Å². The van der Waals surface area contributed by atoms with Crippen molar-refractivity contribution in [1.82, 2.24) is 10.2 Å². The Morgan fingerprint density at radius 2 is 1.62 bits per heavy atom. The lowest BCUT2D eigenvalue weighted by molar-refractivity contribution is -0.139. The largest absolute Gasteiger partial charge is 0.416 e. The molecule has 12 heteroatoms. The second-order valence-electron chi connectivity index (χ2n) is 9.98. The van der Waals surface area contributed by atoms with Gasteiger partial charge in [-0.2, -0.15) is 13.2 Å². The molecule has 3 rings (SSSR count). The number of carbonyl (C=O) groups excluding carboxylic acids is 2. The van der Waals surface area contributed by atoms with Gasteiger partial charge < -0.3 is 10.2 Å². The first-order chi connectivity index (χ1) is 19.6. The summed E-state index contributed by atoms with van der Waals surface area (Å²) in [7, 11) is -4.52. The number of alkyl halides is 3. The van der Waals surface area contributed by atoms with E-state index in [4.69, 9.17) is 11.6 Å². The molecular weight excluding hydrogens is 591 g/mol. The number of hydrogen-bond donors (Lipinski definition) is 1. The molecule has 0 spiro atoms. The SMILES string of the molecule is CC[C@@H](C)NC(=O)[C@@H](C)N(Cc1ccccc1Cl)C(=O)CN(c1cccc(C(F)(F)F)c1)S(=O)(=O)c1ccc(C)cc1. The van der Waals surface area contributed by atoms with Crippen LogP contribution in [0, 0.1) is 6.92 Å². The van der Waals surface area contributed by atoms with Gasteiger partial charge >= 0.3 is 6.18 Å². The summed E-state index contributed by atoms with van der Waals surface area (Å²) in [6.07, 6.45) is -4.12. The molecule has 3 aromatic carbocycles. The summed E-state index contributed by atoms with van der Waals surface area (Å²) >= 11 is 6.34. The minimum Gasteiger partial charge on any atom is -0.352 e. The maximum atomic E-state index is 13.9. The second kappa shape index (κ2) is 13.6. The number of hydrogen-bond acceptors (Lipinski definition) is 4. The Kier molecular flexibility index (Phi) is 10.7. The van der Waals surface area contributed by atoms with Crippen LogP contribution in [0.1, 0.15) is 43.9 Å². The van der Waals surface area contributed by atoms with E-state index in [9.17, 15) is 31.2 Å². The predicted octanol–water partition coefficient (Wildman–Crippen LogP) is 6.19. The number of nitrogens with one attached hydrogen (secondary N) is 1. The van der Waals surface area contributed by atoms with Gasteiger partial charge in [0.1, 0.15) is 12.6 Å². The molecule has 0 saturated carbocycles. The topological polar surface area (TPSA) is 86.8 Å². The highest BCUT2D eigenvalue weighted by molar-refractivity contribution is 7.92. The molecule has 0 aliphatic heterocycles. The van der Waals surface area contributed by atoms with Gasteiger partial charge in [0, 0.05) is 17.6 Å². The van der Waals surface area contributed by atoms with E-state index in [0.29, 0.717) is 27.4 Å². The van der Waals surface area contributed by atoms with Crippen molar-refractivity contribution in [2.75, 3.05) is 10.8 Å². The van der Waals surface area contributed by atoms with Crippen molar-refractivity contribution in [3.8, 4) is 0 Å².